The Hall–Kier alpha value is -0.670. The van der Waals surface area contributed by atoms with E-state index in [2.05, 4.69) is 61.9 Å². The second kappa shape index (κ2) is 4.46. The minimum absolute atomic E-state index is 0.218. The first kappa shape index (κ1) is 12.4. The number of rotatable bonds is 1. The summed E-state index contributed by atoms with van der Waals surface area (Å²) in [5.41, 5.74) is 2.80. The lowest BCUT2D eigenvalue weighted by Gasteiger charge is -2.25. The first-order valence-electron chi connectivity index (χ1n) is 6.66. The fourth-order valence-electron chi connectivity index (χ4n) is 2.65. The van der Waals surface area contributed by atoms with E-state index >= 15 is 0 Å². The van der Waals surface area contributed by atoms with Crippen molar-refractivity contribution in [1.82, 2.24) is 0 Å². The lowest BCUT2D eigenvalue weighted by molar-refractivity contribution is 0.155. The van der Waals surface area contributed by atoms with Gasteiger partial charge < -0.3 is 0 Å². The van der Waals surface area contributed by atoms with Gasteiger partial charge in [-0.25, -0.2) is 5.06 Å². The quantitative estimate of drug-likeness (QED) is 0.770. The Morgan fingerprint density at radius 2 is 1.89 bits per heavy atom. The summed E-state index contributed by atoms with van der Waals surface area (Å²) in [4.78, 5) is 5.85. The predicted octanol–water partition coefficient (Wildman–Crippen LogP) is 3.47. The van der Waals surface area contributed by atoms with Crippen molar-refractivity contribution in [3.05, 3.63) is 29.8 Å². The van der Waals surface area contributed by atoms with Gasteiger partial charge >= 0.3 is 0 Å². The molecule has 0 saturated carbocycles. The highest BCUT2D eigenvalue weighted by molar-refractivity contribution is 7.99. The lowest BCUT2D eigenvalue weighted by atomic mass is 9.87. The first-order chi connectivity index (χ1) is 8.55. The van der Waals surface area contributed by atoms with Crippen LogP contribution in [-0.4, -0.2) is 24.2 Å². The van der Waals surface area contributed by atoms with E-state index in [-0.39, 0.29) is 5.41 Å². The minimum Gasteiger partial charge on any atom is -0.273 e. The van der Waals surface area contributed by atoms with Crippen molar-refractivity contribution in [3.8, 4) is 0 Å². The summed E-state index contributed by atoms with van der Waals surface area (Å²) in [5, 5.41) is 2.14. The summed E-state index contributed by atoms with van der Waals surface area (Å²) in [6.45, 7) is 7.63. The van der Waals surface area contributed by atoms with Gasteiger partial charge in [0, 0.05) is 17.4 Å². The van der Waals surface area contributed by atoms with Crippen LogP contribution in [0.2, 0.25) is 0 Å². The number of benzene rings is 1. The van der Waals surface area contributed by atoms with Crippen LogP contribution in [-0.2, 0) is 10.3 Å². The van der Waals surface area contributed by atoms with Gasteiger partial charge in [-0.2, -0.15) is 11.8 Å². The SMILES string of the molecule is CC(C)(C)c1ccc(N2OC[C@@H]3CSC[C@H]32)cc1. The highest BCUT2D eigenvalue weighted by Crippen LogP contribution is 2.37. The Morgan fingerprint density at radius 3 is 2.56 bits per heavy atom. The van der Waals surface area contributed by atoms with E-state index < -0.39 is 0 Å². The maximum absolute atomic E-state index is 5.85. The fraction of sp³-hybridized carbons (Fsp3) is 0.600. The third kappa shape index (κ3) is 2.14. The van der Waals surface area contributed by atoms with E-state index in [1.54, 1.807) is 0 Å². The van der Waals surface area contributed by atoms with Crippen molar-refractivity contribution >= 4 is 17.4 Å². The van der Waals surface area contributed by atoms with Crippen LogP contribution in [0, 0.1) is 5.92 Å². The molecule has 3 heteroatoms. The summed E-state index contributed by atoms with van der Waals surface area (Å²) in [6.07, 6.45) is 0. The molecule has 1 aromatic rings. The van der Waals surface area contributed by atoms with Crippen molar-refractivity contribution in [2.75, 3.05) is 23.2 Å². The van der Waals surface area contributed by atoms with Crippen LogP contribution >= 0.6 is 11.8 Å². The molecule has 2 nitrogen and oxygen atoms in total. The number of hydrogen-bond acceptors (Lipinski definition) is 3. The summed E-state index contributed by atoms with van der Waals surface area (Å²) in [5.74, 6) is 3.17. The zero-order valence-electron chi connectivity index (χ0n) is 11.3. The number of nitrogens with zero attached hydrogens (tertiary/aromatic N) is 1. The van der Waals surface area contributed by atoms with Crippen molar-refractivity contribution in [3.63, 3.8) is 0 Å². The van der Waals surface area contributed by atoms with Crippen LogP contribution in [0.5, 0.6) is 0 Å². The second-order valence-corrected chi connectivity index (χ2v) is 7.36. The van der Waals surface area contributed by atoms with Crippen molar-refractivity contribution in [2.45, 2.75) is 32.2 Å². The zero-order chi connectivity index (χ0) is 12.8. The van der Waals surface area contributed by atoms with Crippen molar-refractivity contribution in [1.29, 1.82) is 0 Å². The Balaban J connectivity index is 1.81. The fourth-order valence-corrected chi connectivity index (χ4v) is 4.06. The lowest BCUT2D eigenvalue weighted by Crippen LogP contribution is -2.31. The topological polar surface area (TPSA) is 12.5 Å². The van der Waals surface area contributed by atoms with Crippen LogP contribution in [0.15, 0.2) is 24.3 Å². The Bertz CT molecular complexity index is 423. The van der Waals surface area contributed by atoms with E-state index in [0.717, 1.165) is 12.5 Å². The molecule has 0 amide bonds. The molecular weight excluding hydrogens is 242 g/mol. The van der Waals surface area contributed by atoms with E-state index in [0.29, 0.717) is 6.04 Å². The summed E-state index contributed by atoms with van der Waals surface area (Å²) >= 11 is 2.05. The molecule has 0 N–H and O–H groups in total. The van der Waals surface area contributed by atoms with Crippen LogP contribution in [0.3, 0.4) is 0 Å². The molecule has 0 spiro atoms. The van der Waals surface area contributed by atoms with Gasteiger partial charge in [0.1, 0.15) is 0 Å². The third-order valence-electron chi connectivity index (χ3n) is 3.88. The smallest absolute Gasteiger partial charge is 0.0805 e. The molecule has 1 aromatic carbocycles. The largest absolute Gasteiger partial charge is 0.273 e. The van der Waals surface area contributed by atoms with E-state index in [1.807, 2.05) is 0 Å². The molecule has 3 rings (SSSR count). The van der Waals surface area contributed by atoms with Crippen molar-refractivity contribution in [2.24, 2.45) is 5.92 Å². The molecule has 0 unspecified atom stereocenters. The molecule has 0 aliphatic carbocycles. The summed E-state index contributed by atoms with van der Waals surface area (Å²) in [7, 11) is 0. The average Bonchev–Trinajstić information content (AvgIpc) is 2.89. The molecule has 0 aromatic heterocycles. The normalized spacial score (nSPS) is 27.6. The molecule has 2 saturated heterocycles. The molecule has 2 aliphatic heterocycles. The van der Waals surface area contributed by atoms with E-state index in [9.17, 15) is 0 Å². The first-order valence-corrected chi connectivity index (χ1v) is 7.81. The van der Waals surface area contributed by atoms with Crippen LogP contribution in [0.4, 0.5) is 5.69 Å². The maximum Gasteiger partial charge on any atom is 0.0805 e. The summed E-state index contributed by atoms with van der Waals surface area (Å²) < 4.78 is 0. The average molecular weight is 263 g/mol. The van der Waals surface area contributed by atoms with Gasteiger partial charge in [0.05, 0.1) is 18.3 Å². The number of anilines is 1. The van der Waals surface area contributed by atoms with Gasteiger partial charge in [0.15, 0.2) is 0 Å². The van der Waals surface area contributed by atoms with E-state index in [4.69, 9.17) is 4.84 Å². The zero-order valence-corrected chi connectivity index (χ0v) is 12.2. The van der Waals surface area contributed by atoms with Crippen LogP contribution in [0.1, 0.15) is 26.3 Å². The Kier molecular flexibility index (Phi) is 3.07. The highest BCUT2D eigenvalue weighted by Gasteiger charge is 2.39. The maximum atomic E-state index is 5.85. The highest BCUT2D eigenvalue weighted by atomic mass is 32.2. The van der Waals surface area contributed by atoms with Gasteiger partial charge in [-0.3, -0.25) is 4.84 Å². The number of thioether (sulfide) groups is 1. The summed E-state index contributed by atoms with van der Waals surface area (Å²) in [6, 6.07) is 9.44. The minimum atomic E-state index is 0.218. The standard InChI is InChI=1S/C15H21NOS/c1-15(2,3)12-4-6-13(7-5-12)16-14-10-18-9-11(14)8-17-16/h4-7,11,14H,8-10H2,1-3H3/t11-,14-/m1/s1. The van der Waals surface area contributed by atoms with Gasteiger partial charge in [-0.15, -0.1) is 0 Å². The monoisotopic (exact) mass is 263 g/mol. The molecule has 0 bridgehead atoms. The van der Waals surface area contributed by atoms with Gasteiger partial charge in [-0.1, -0.05) is 32.9 Å². The van der Waals surface area contributed by atoms with Crippen molar-refractivity contribution < 1.29 is 4.84 Å². The van der Waals surface area contributed by atoms with Crippen LogP contribution < -0.4 is 5.06 Å². The predicted molar refractivity (Wildman–Crippen MR) is 78.2 cm³/mol. The van der Waals surface area contributed by atoms with Crippen LogP contribution in [0.25, 0.3) is 0 Å². The van der Waals surface area contributed by atoms with Gasteiger partial charge in [0.25, 0.3) is 0 Å². The molecule has 2 heterocycles. The molecule has 2 atom stereocenters. The molecule has 0 radical (unpaired) electrons. The van der Waals surface area contributed by atoms with Gasteiger partial charge in [-0.05, 0) is 23.1 Å². The molecular formula is C15H21NOS. The molecule has 18 heavy (non-hydrogen) atoms. The molecule has 98 valence electrons. The second-order valence-electron chi connectivity index (χ2n) is 6.28. The number of hydroxylamine groups is 1. The number of hydrogen-bond donors (Lipinski definition) is 0. The Labute approximate surface area is 114 Å². The van der Waals surface area contributed by atoms with Gasteiger partial charge in [0.2, 0.25) is 0 Å². The molecule has 2 fully saturated rings. The molecule has 2 aliphatic rings. The van der Waals surface area contributed by atoms with E-state index in [1.165, 1.54) is 22.8 Å². The number of fused-ring (bicyclic) bond motifs is 1. The Morgan fingerprint density at radius 1 is 1.17 bits per heavy atom. The third-order valence-corrected chi connectivity index (χ3v) is 5.12.